The second-order valence-electron chi connectivity index (χ2n) is 4.88. The monoisotopic (exact) mass is 234 g/mol. The summed E-state index contributed by atoms with van der Waals surface area (Å²) in [6.07, 6.45) is 1.11. The molecule has 3 nitrogen and oxygen atoms in total. The molecule has 0 amide bonds. The summed E-state index contributed by atoms with van der Waals surface area (Å²) in [6.45, 7) is 5.72. The Morgan fingerprint density at radius 1 is 1.35 bits per heavy atom. The third-order valence-corrected chi connectivity index (χ3v) is 3.37. The lowest BCUT2D eigenvalue weighted by Crippen LogP contribution is -2.32. The van der Waals surface area contributed by atoms with Gasteiger partial charge < -0.3 is 10.5 Å². The van der Waals surface area contributed by atoms with E-state index < -0.39 is 0 Å². The summed E-state index contributed by atoms with van der Waals surface area (Å²) in [4.78, 5) is 2.41. The minimum atomic E-state index is 0.346. The minimum absolute atomic E-state index is 0.346. The Morgan fingerprint density at radius 3 is 2.76 bits per heavy atom. The summed E-state index contributed by atoms with van der Waals surface area (Å²) in [6, 6.07) is 11.2. The van der Waals surface area contributed by atoms with Crippen molar-refractivity contribution in [2.45, 2.75) is 32.0 Å². The van der Waals surface area contributed by atoms with Gasteiger partial charge in [0.2, 0.25) is 0 Å². The van der Waals surface area contributed by atoms with Gasteiger partial charge in [-0.25, -0.2) is 0 Å². The van der Waals surface area contributed by atoms with Gasteiger partial charge in [0.15, 0.2) is 0 Å². The lowest BCUT2D eigenvalue weighted by atomic mass is 10.2. The highest BCUT2D eigenvalue weighted by atomic mass is 16.5. The van der Waals surface area contributed by atoms with Gasteiger partial charge in [-0.1, -0.05) is 30.3 Å². The first-order valence-electron chi connectivity index (χ1n) is 6.37. The fourth-order valence-electron chi connectivity index (χ4n) is 2.40. The van der Waals surface area contributed by atoms with Crippen LogP contribution in [-0.2, 0) is 11.3 Å². The highest BCUT2D eigenvalue weighted by Crippen LogP contribution is 2.15. The van der Waals surface area contributed by atoms with E-state index in [-0.39, 0.29) is 0 Å². The molecule has 3 heteroatoms. The first-order chi connectivity index (χ1) is 8.25. The van der Waals surface area contributed by atoms with Crippen LogP contribution < -0.4 is 5.73 Å². The first kappa shape index (κ1) is 12.6. The van der Waals surface area contributed by atoms with Crippen molar-refractivity contribution in [3.63, 3.8) is 0 Å². The average Bonchev–Trinajstić information content (AvgIpc) is 2.65. The maximum absolute atomic E-state index is 5.93. The summed E-state index contributed by atoms with van der Waals surface area (Å²) < 4.78 is 5.68. The van der Waals surface area contributed by atoms with E-state index in [4.69, 9.17) is 10.5 Å². The molecule has 1 aromatic carbocycles. The van der Waals surface area contributed by atoms with Crippen molar-refractivity contribution in [1.29, 1.82) is 0 Å². The summed E-state index contributed by atoms with van der Waals surface area (Å²) in [5.74, 6) is 0. The molecule has 17 heavy (non-hydrogen) atoms. The van der Waals surface area contributed by atoms with Crippen LogP contribution in [0.2, 0.25) is 0 Å². The summed E-state index contributed by atoms with van der Waals surface area (Å²) in [5, 5.41) is 0. The molecule has 0 aromatic heterocycles. The second kappa shape index (κ2) is 6.15. The molecular weight excluding hydrogens is 212 g/mol. The molecule has 0 aliphatic carbocycles. The Kier molecular flexibility index (Phi) is 4.54. The molecule has 1 heterocycles. The van der Waals surface area contributed by atoms with E-state index >= 15 is 0 Å². The predicted octanol–water partition coefficient (Wildman–Crippen LogP) is 1.62. The van der Waals surface area contributed by atoms with E-state index in [1.165, 1.54) is 5.56 Å². The van der Waals surface area contributed by atoms with Gasteiger partial charge in [0.1, 0.15) is 0 Å². The Bertz CT molecular complexity index is 328. The Morgan fingerprint density at radius 2 is 2.12 bits per heavy atom. The maximum atomic E-state index is 5.93. The molecule has 1 fully saturated rings. The van der Waals surface area contributed by atoms with Gasteiger partial charge in [-0.05, 0) is 18.9 Å². The summed E-state index contributed by atoms with van der Waals surface area (Å²) in [7, 11) is 0. The molecule has 2 rings (SSSR count). The van der Waals surface area contributed by atoms with Crippen LogP contribution in [0, 0.1) is 0 Å². The van der Waals surface area contributed by atoms with Gasteiger partial charge in [0.05, 0.1) is 13.2 Å². The third kappa shape index (κ3) is 3.80. The Labute approximate surface area is 104 Å². The van der Waals surface area contributed by atoms with Crippen LogP contribution in [-0.4, -0.2) is 36.7 Å². The minimum Gasteiger partial charge on any atom is -0.375 e. The lowest BCUT2D eigenvalue weighted by molar-refractivity contribution is 0.0906. The SMILES string of the molecule is CC1CC(N)CN1CCOCc1ccccc1. The van der Waals surface area contributed by atoms with Crippen LogP contribution in [0.15, 0.2) is 30.3 Å². The predicted molar refractivity (Wildman–Crippen MR) is 69.7 cm³/mol. The van der Waals surface area contributed by atoms with Crippen LogP contribution >= 0.6 is 0 Å². The van der Waals surface area contributed by atoms with Crippen molar-refractivity contribution in [1.82, 2.24) is 4.90 Å². The van der Waals surface area contributed by atoms with Crippen molar-refractivity contribution in [2.24, 2.45) is 5.73 Å². The molecule has 0 spiro atoms. The van der Waals surface area contributed by atoms with Crippen molar-refractivity contribution in [3.8, 4) is 0 Å². The van der Waals surface area contributed by atoms with Crippen LogP contribution in [0.25, 0.3) is 0 Å². The zero-order valence-electron chi connectivity index (χ0n) is 10.5. The number of benzene rings is 1. The van der Waals surface area contributed by atoms with E-state index in [1.54, 1.807) is 0 Å². The standard InChI is InChI=1S/C14H22N2O/c1-12-9-14(15)10-16(12)7-8-17-11-13-5-3-2-4-6-13/h2-6,12,14H,7-11,15H2,1H3. The van der Waals surface area contributed by atoms with Crippen LogP contribution in [0.4, 0.5) is 0 Å². The van der Waals surface area contributed by atoms with Gasteiger partial charge >= 0.3 is 0 Å². The third-order valence-electron chi connectivity index (χ3n) is 3.37. The van der Waals surface area contributed by atoms with Crippen molar-refractivity contribution in [3.05, 3.63) is 35.9 Å². The van der Waals surface area contributed by atoms with E-state index in [0.717, 1.165) is 26.1 Å². The van der Waals surface area contributed by atoms with E-state index in [1.807, 2.05) is 18.2 Å². The first-order valence-corrected chi connectivity index (χ1v) is 6.37. The van der Waals surface area contributed by atoms with E-state index in [9.17, 15) is 0 Å². The second-order valence-corrected chi connectivity index (χ2v) is 4.88. The molecule has 0 radical (unpaired) electrons. The van der Waals surface area contributed by atoms with Crippen LogP contribution in [0.5, 0.6) is 0 Å². The zero-order valence-corrected chi connectivity index (χ0v) is 10.5. The molecule has 1 aliphatic heterocycles. The van der Waals surface area contributed by atoms with Crippen LogP contribution in [0.1, 0.15) is 18.9 Å². The number of nitrogens with zero attached hydrogens (tertiary/aromatic N) is 1. The van der Waals surface area contributed by atoms with Crippen molar-refractivity contribution >= 4 is 0 Å². The number of ether oxygens (including phenoxy) is 1. The smallest absolute Gasteiger partial charge is 0.0717 e. The average molecular weight is 234 g/mol. The highest BCUT2D eigenvalue weighted by molar-refractivity contribution is 5.13. The zero-order chi connectivity index (χ0) is 12.1. The number of rotatable bonds is 5. The Balaban J connectivity index is 1.64. The fraction of sp³-hybridized carbons (Fsp3) is 0.571. The summed E-state index contributed by atoms with van der Waals surface area (Å²) in [5.41, 5.74) is 7.16. The molecule has 2 atom stereocenters. The van der Waals surface area contributed by atoms with Crippen molar-refractivity contribution in [2.75, 3.05) is 19.7 Å². The molecule has 1 saturated heterocycles. The fourth-order valence-corrected chi connectivity index (χ4v) is 2.40. The van der Waals surface area contributed by atoms with Gasteiger partial charge in [0.25, 0.3) is 0 Å². The topological polar surface area (TPSA) is 38.5 Å². The normalized spacial score (nSPS) is 25.3. The Hall–Kier alpha value is -0.900. The van der Waals surface area contributed by atoms with Crippen LogP contribution in [0.3, 0.4) is 0 Å². The molecule has 0 saturated carbocycles. The molecule has 1 aromatic rings. The van der Waals surface area contributed by atoms with Gasteiger partial charge in [-0.2, -0.15) is 0 Å². The summed E-state index contributed by atoms with van der Waals surface area (Å²) >= 11 is 0. The van der Waals surface area contributed by atoms with Gasteiger partial charge in [-0.3, -0.25) is 4.90 Å². The number of nitrogens with two attached hydrogens (primary N) is 1. The maximum Gasteiger partial charge on any atom is 0.0717 e. The number of likely N-dealkylation sites (tertiary alicyclic amines) is 1. The molecule has 1 aliphatic rings. The highest BCUT2D eigenvalue weighted by Gasteiger charge is 2.25. The molecule has 0 bridgehead atoms. The lowest BCUT2D eigenvalue weighted by Gasteiger charge is -2.20. The molecule has 2 unspecified atom stereocenters. The number of hydrogen-bond donors (Lipinski definition) is 1. The van der Waals surface area contributed by atoms with Gasteiger partial charge in [0, 0.05) is 25.2 Å². The van der Waals surface area contributed by atoms with E-state index in [0.29, 0.717) is 18.7 Å². The molecule has 94 valence electrons. The number of hydrogen-bond acceptors (Lipinski definition) is 3. The largest absolute Gasteiger partial charge is 0.375 e. The molecule has 2 N–H and O–H groups in total. The van der Waals surface area contributed by atoms with Gasteiger partial charge in [-0.15, -0.1) is 0 Å². The van der Waals surface area contributed by atoms with E-state index in [2.05, 4.69) is 24.0 Å². The molecular formula is C14H22N2O. The van der Waals surface area contributed by atoms with Crippen molar-refractivity contribution < 1.29 is 4.74 Å². The quantitative estimate of drug-likeness (QED) is 0.787.